The summed E-state index contributed by atoms with van der Waals surface area (Å²) < 4.78 is 6.29. The van der Waals surface area contributed by atoms with E-state index >= 15 is 0 Å². The number of carbonyl (C=O) groups is 1. The molecule has 3 aromatic carbocycles. The molecule has 1 aliphatic rings. The van der Waals surface area contributed by atoms with Crippen LogP contribution < -0.4 is 10.1 Å². The monoisotopic (exact) mass is 349 g/mol. The highest BCUT2D eigenvalue weighted by atomic mass is 35.5. The molecule has 0 aromatic heterocycles. The first-order valence-corrected chi connectivity index (χ1v) is 8.45. The minimum atomic E-state index is -1.12. The fourth-order valence-corrected chi connectivity index (χ4v) is 3.44. The van der Waals surface area contributed by atoms with E-state index in [4.69, 9.17) is 16.3 Å². The highest BCUT2D eigenvalue weighted by molar-refractivity contribution is 6.30. The number of benzene rings is 3. The quantitative estimate of drug-likeness (QED) is 0.734. The summed E-state index contributed by atoms with van der Waals surface area (Å²) in [6.07, 6.45) is 0.394. The third-order valence-corrected chi connectivity index (χ3v) is 4.59. The average Bonchev–Trinajstić information content (AvgIpc) is 2.88. The van der Waals surface area contributed by atoms with Crippen molar-refractivity contribution in [3.05, 3.63) is 95.0 Å². The number of hydrogen-bond donors (Lipinski definition) is 1. The molecule has 3 aromatic rings. The van der Waals surface area contributed by atoms with E-state index in [0.29, 0.717) is 17.2 Å². The second-order valence-corrected chi connectivity index (χ2v) is 6.48. The van der Waals surface area contributed by atoms with Crippen LogP contribution in [0.3, 0.4) is 0 Å². The van der Waals surface area contributed by atoms with E-state index in [-0.39, 0.29) is 5.91 Å². The Balaban J connectivity index is 1.82. The Hall–Kier alpha value is -2.78. The molecule has 1 amide bonds. The molecule has 1 N–H and O–H groups in total. The first-order chi connectivity index (χ1) is 12.2. The SMILES string of the molecule is O=C1Nc2ccccc2[C@@]1(Cc1cccc(Cl)c1)Oc1ccccc1. The highest BCUT2D eigenvalue weighted by Crippen LogP contribution is 2.42. The van der Waals surface area contributed by atoms with Crippen LogP contribution in [-0.4, -0.2) is 5.91 Å². The predicted octanol–water partition coefficient (Wildman–Crippen LogP) is 4.81. The van der Waals surface area contributed by atoms with E-state index in [2.05, 4.69) is 5.32 Å². The Morgan fingerprint density at radius 2 is 1.68 bits per heavy atom. The predicted molar refractivity (Wildman–Crippen MR) is 99.0 cm³/mol. The van der Waals surface area contributed by atoms with Gasteiger partial charge in [0.2, 0.25) is 5.60 Å². The van der Waals surface area contributed by atoms with Crippen LogP contribution in [0.2, 0.25) is 5.02 Å². The summed E-state index contributed by atoms with van der Waals surface area (Å²) >= 11 is 6.13. The van der Waals surface area contributed by atoms with Crippen LogP contribution in [0.1, 0.15) is 11.1 Å². The van der Waals surface area contributed by atoms with Gasteiger partial charge in [0.15, 0.2) is 0 Å². The normalized spacial score (nSPS) is 18.5. The van der Waals surface area contributed by atoms with Crippen molar-refractivity contribution in [2.45, 2.75) is 12.0 Å². The van der Waals surface area contributed by atoms with Crippen LogP contribution in [0.5, 0.6) is 5.75 Å². The number of ether oxygens (including phenoxy) is 1. The fraction of sp³-hybridized carbons (Fsp3) is 0.0952. The van der Waals surface area contributed by atoms with Gasteiger partial charge in [0.1, 0.15) is 5.75 Å². The molecule has 0 radical (unpaired) electrons. The van der Waals surface area contributed by atoms with Crippen molar-refractivity contribution in [3.63, 3.8) is 0 Å². The number of anilines is 1. The maximum Gasteiger partial charge on any atom is 0.273 e. The molecule has 1 aliphatic heterocycles. The van der Waals surface area contributed by atoms with Crippen LogP contribution in [0, 0.1) is 0 Å². The molecule has 1 atom stereocenters. The number of nitrogens with one attached hydrogen (secondary N) is 1. The molecule has 0 fully saturated rings. The van der Waals surface area contributed by atoms with E-state index in [0.717, 1.165) is 16.8 Å². The largest absolute Gasteiger partial charge is 0.472 e. The second kappa shape index (κ2) is 6.26. The van der Waals surface area contributed by atoms with Gasteiger partial charge in [-0.2, -0.15) is 0 Å². The van der Waals surface area contributed by atoms with Gasteiger partial charge in [0.05, 0.1) is 0 Å². The van der Waals surface area contributed by atoms with Gasteiger partial charge < -0.3 is 10.1 Å². The number of halogens is 1. The van der Waals surface area contributed by atoms with Crippen molar-refractivity contribution < 1.29 is 9.53 Å². The summed E-state index contributed by atoms with van der Waals surface area (Å²) in [5, 5.41) is 3.58. The average molecular weight is 350 g/mol. The first kappa shape index (κ1) is 15.7. The van der Waals surface area contributed by atoms with E-state index in [9.17, 15) is 4.79 Å². The van der Waals surface area contributed by atoms with Crippen molar-refractivity contribution in [2.24, 2.45) is 0 Å². The summed E-state index contributed by atoms with van der Waals surface area (Å²) in [6, 6.07) is 24.6. The number of fused-ring (bicyclic) bond motifs is 1. The fourth-order valence-electron chi connectivity index (χ4n) is 3.23. The first-order valence-electron chi connectivity index (χ1n) is 8.07. The van der Waals surface area contributed by atoms with Gasteiger partial charge in [0.25, 0.3) is 5.91 Å². The number of rotatable bonds is 4. The molecule has 124 valence electrons. The number of carbonyl (C=O) groups excluding carboxylic acids is 1. The lowest BCUT2D eigenvalue weighted by molar-refractivity contribution is -0.130. The summed E-state index contributed by atoms with van der Waals surface area (Å²) in [5.74, 6) is 0.480. The molecule has 0 saturated heterocycles. The summed E-state index contributed by atoms with van der Waals surface area (Å²) in [5.41, 5.74) is 1.44. The van der Waals surface area contributed by atoms with Gasteiger partial charge >= 0.3 is 0 Å². The molecule has 1 heterocycles. The molecule has 0 saturated carbocycles. The maximum atomic E-state index is 13.0. The zero-order valence-corrected chi connectivity index (χ0v) is 14.2. The minimum absolute atomic E-state index is 0.169. The Bertz CT molecular complexity index is 926. The molecule has 4 rings (SSSR count). The smallest absolute Gasteiger partial charge is 0.273 e. The molecular formula is C21H16ClNO2. The zero-order chi connectivity index (χ0) is 17.3. The lowest BCUT2D eigenvalue weighted by Crippen LogP contribution is -2.42. The molecule has 4 heteroatoms. The third-order valence-electron chi connectivity index (χ3n) is 4.35. The summed E-state index contributed by atoms with van der Waals surface area (Å²) in [7, 11) is 0. The molecule has 0 bridgehead atoms. The summed E-state index contributed by atoms with van der Waals surface area (Å²) in [6.45, 7) is 0. The van der Waals surface area contributed by atoms with Crippen molar-refractivity contribution in [3.8, 4) is 5.75 Å². The topological polar surface area (TPSA) is 38.3 Å². The van der Waals surface area contributed by atoms with Crippen LogP contribution in [0.25, 0.3) is 0 Å². The Morgan fingerprint density at radius 3 is 2.48 bits per heavy atom. The molecule has 0 aliphatic carbocycles. The van der Waals surface area contributed by atoms with Gasteiger partial charge in [-0.05, 0) is 35.9 Å². The molecular weight excluding hydrogens is 334 g/mol. The Labute approximate surface area is 151 Å². The van der Waals surface area contributed by atoms with E-state index in [1.165, 1.54) is 0 Å². The van der Waals surface area contributed by atoms with Gasteiger partial charge in [-0.25, -0.2) is 0 Å². The number of hydrogen-bond acceptors (Lipinski definition) is 2. The number of amides is 1. The van der Waals surface area contributed by atoms with Crippen LogP contribution in [-0.2, 0) is 16.8 Å². The lowest BCUT2D eigenvalue weighted by Gasteiger charge is -2.29. The van der Waals surface area contributed by atoms with Crippen LogP contribution in [0.4, 0.5) is 5.69 Å². The van der Waals surface area contributed by atoms with Crippen LogP contribution in [0.15, 0.2) is 78.9 Å². The van der Waals surface area contributed by atoms with Crippen molar-refractivity contribution >= 4 is 23.2 Å². The number of para-hydroxylation sites is 2. The summed E-state index contributed by atoms with van der Waals surface area (Å²) in [4.78, 5) is 13.0. The maximum absolute atomic E-state index is 13.0. The van der Waals surface area contributed by atoms with Crippen molar-refractivity contribution in [1.82, 2.24) is 0 Å². The second-order valence-electron chi connectivity index (χ2n) is 6.05. The lowest BCUT2D eigenvalue weighted by atomic mass is 9.88. The van der Waals surface area contributed by atoms with E-state index < -0.39 is 5.60 Å². The van der Waals surface area contributed by atoms with Gasteiger partial charge in [-0.1, -0.05) is 60.1 Å². The van der Waals surface area contributed by atoms with E-state index in [1.807, 2.05) is 78.9 Å². The van der Waals surface area contributed by atoms with Crippen molar-refractivity contribution in [1.29, 1.82) is 0 Å². The van der Waals surface area contributed by atoms with Gasteiger partial charge in [0, 0.05) is 22.7 Å². The highest BCUT2D eigenvalue weighted by Gasteiger charge is 2.49. The zero-order valence-electron chi connectivity index (χ0n) is 13.4. The third kappa shape index (κ3) is 2.87. The molecule has 0 spiro atoms. The molecule has 25 heavy (non-hydrogen) atoms. The molecule has 3 nitrogen and oxygen atoms in total. The van der Waals surface area contributed by atoms with E-state index in [1.54, 1.807) is 0 Å². The van der Waals surface area contributed by atoms with Crippen LogP contribution >= 0.6 is 11.6 Å². The molecule has 0 unspecified atom stereocenters. The van der Waals surface area contributed by atoms with Crippen molar-refractivity contribution in [2.75, 3.05) is 5.32 Å². The van der Waals surface area contributed by atoms with Gasteiger partial charge in [-0.3, -0.25) is 4.79 Å². The standard InChI is InChI=1S/C21H16ClNO2/c22-16-8-6-7-15(13-16)14-21(25-17-9-2-1-3-10-17)18-11-4-5-12-19(18)23-20(21)24/h1-13H,14H2,(H,23,24)/t21-/m1/s1. The Kier molecular flexibility index (Phi) is 3.94. The minimum Gasteiger partial charge on any atom is -0.472 e. The van der Waals surface area contributed by atoms with Gasteiger partial charge in [-0.15, -0.1) is 0 Å². The Morgan fingerprint density at radius 1 is 0.920 bits per heavy atom.